The molecule has 16 heteroatoms. The predicted molar refractivity (Wildman–Crippen MR) is 173 cm³/mol. The van der Waals surface area contributed by atoms with E-state index < -0.39 is 35.5 Å². The van der Waals surface area contributed by atoms with E-state index in [0.717, 1.165) is 0 Å². The molecule has 0 radical (unpaired) electrons. The normalized spacial score (nSPS) is 14.1. The van der Waals surface area contributed by atoms with Gasteiger partial charge in [0.2, 0.25) is 0 Å². The van der Waals surface area contributed by atoms with Crippen LogP contribution in [0.25, 0.3) is 0 Å². The molecule has 15 nitrogen and oxygen atoms in total. The highest BCUT2D eigenvalue weighted by Crippen LogP contribution is 2.37. The molecular formula is C32H32ClN5O10. The second-order valence-corrected chi connectivity index (χ2v) is 10.4. The molecule has 3 amide bonds. The number of non-ortho nitro benzene ring substituents is 1. The number of ether oxygens (including phenoxy) is 5. The molecule has 1 atom stereocenters. The van der Waals surface area contributed by atoms with Gasteiger partial charge in [0.05, 0.1) is 48.6 Å². The molecule has 1 aliphatic heterocycles. The Kier molecular flexibility index (Phi) is 11.8. The van der Waals surface area contributed by atoms with Crippen molar-refractivity contribution in [3.8, 4) is 23.0 Å². The summed E-state index contributed by atoms with van der Waals surface area (Å²) in [5.41, 5.74) is 4.47. The quantitative estimate of drug-likeness (QED) is 0.0941. The number of carbonyl (C=O) groups is 3. The van der Waals surface area contributed by atoms with Crippen molar-refractivity contribution in [3.63, 3.8) is 0 Å². The number of nitro benzene ring substituents is 1. The highest BCUT2D eigenvalue weighted by Gasteiger charge is 2.32. The second-order valence-electron chi connectivity index (χ2n) is 10.0. The fraction of sp³-hybridized carbons (Fsp3) is 0.250. The number of amides is 3. The molecule has 252 valence electrons. The number of nitro groups is 1. The highest BCUT2D eigenvalue weighted by molar-refractivity contribution is 6.32. The molecule has 1 aliphatic rings. The molecule has 0 spiro atoms. The summed E-state index contributed by atoms with van der Waals surface area (Å²) in [6.07, 6.45) is 1.34. The lowest BCUT2D eigenvalue weighted by atomic mass is 9.95. The third-order valence-corrected chi connectivity index (χ3v) is 7.08. The number of hydrogen-bond donors (Lipinski definition) is 3. The van der Waals surface area contributed by atoms with Crippen LogP contribution in [0.3, 0.4) is 0 Å². The molecular weight excluding hydrogens is 650 g/mol. The zero-order valence-corrected chi connectivity index (χ0v) is 27.1. The van der Waals surface area contributed by atoms with E-state index in [1.807, 2.05) is 0 Å². The number of hydrogen-bond acceptors (Lipinski definition) is 11. The summed E-state index contributed by atoms with van der Waals surface area (Å²) in [4.78, 5) is 47.8. The van der Waals surface area contributed by atoms with Gasteiger partial charge in [0.25, 0.3) is 11.6 Å². The van der Waals surface area contributed by atoms with Crippen molar-refractivity contribution in [1.82, 2.24) is 16.1 Å². The summed E-state index contributed by atoms with van der Waals surface area (Å²) in [6, 6.07) is 12.6. The number of hydrazone groups is 1. The Bertz CT molecular complexity index is 1780. The van der Waals surface area contributed by atoms with Gasteiger partial charge in [0.1, 0.15) is 6.61 Å². The van der Waals surface area contributed by atoms with Crippen molar-refractivity contribution in [2.75, 3.05) is 27.4 Å². The van der Waals surface area contributed by atoms with Gasteiger partial charge in [-0.15, -0.1) is 0 Å². The predicted octanol–water partition coefficient (Wildman–Crippen LogP) is 4.56. The number of urea groups is 1. The Hall–Kier alpha value is -5.83. The first-order valence-electron chi connectivity index (χ1n) is 14.4. The lowest BCUT2D eigenvalue weighted by molar-refractivity contribution is -0.384. The van der Waals surface area contributed by atoms with E-state index in [-0.39, 0.29) is 52.5 Å². The zero-order valence-electron chi connectivity index (χ0n) is 26.3. The van der Waals surface area contributed by atoms with E-state index in [9.17, 15) is 24.5 Å². The first-order chi connectivity index (χ1) is 23.0. The van der Waals surface area contributed by atoms with Crippen LogP contribution in [-0.4, -0.2) is 56.5 Å². The van der Waals surface area contributed by atoms with Gasteiger partial charge in [-0.3, -0.25) is 14.9 Å². The van der Waals surface area contributed by atoms with Crippen LogP contribution in [0.2, 0.25) is 5.02 Å². The molecule has 0 unspecified atom stereocenters. The van der Waals surface area contributed by atoms with E-state index >= 15 is 0 Å². The Labute approximate surface area is 279 Å². The minimum atomic E-state index is -0.806. The average Bonchev–Trinajstić information content (AvgIpc) is 3.06. The maximum atomic E-state index is 12.6. The molecule has 3 N–H and O–H groups in total. The first-order valence-corrected chi connectivity index (χ1v) is 14.7. The van der Waals surface area contributed by atoms with E-state index in [1.54, 1.807) is 56.3 Å². The summed E-state index contributed by atoms with van der Waals surface area (Å²) < 4.78 is 27.4. The van der Waals surface area contributed by atoms with Crippen molar-refractivity contribution in [1.29, 1.82) is 0 Å². The number of methoxy groups -OCH3 is 2. The summed E-state index contributed by atoms with van der Waals surface area (Å²) in [6.45, 7) is 3.04. The number of rotatable bonds is 14. The molecule has 4 rings (SSSR count). The van der Waals surface area contributed by atoms with Gasteiger partial charge in [-0.05, 0) is 54.8 Å². The Morgan fingerprint density at radius 1 is 1.06 bits per heavy atom. The maximum Gasteiger partial charge on any atom is 0.338 e. The van der Waals surface area contributed by atoms with Gasteiger partial charge < -0.3 is 34.3 Å². The Balaban J connectivity index is 1.37. The highest BCUT2D eigenvalue weighted by atomic mass is 35.5. The number of nitrogens with one attached hydrogen (secondary N) is 3. The molecule has 0 aromatic heterocycles. The van der Waals surface area contributed by atoms with E-state index in [1.165, 1.54) is 32.6 Å². The van der Waals surface area contributed by atoms with E-state index in [0.29, 0.717) is 22.4 Å². The number of esters is 1. The number of allylic oxidation sites excluding steroid dienone is 1. The summed E-state index contributed by atoms with van der Waals surface area (Å²) in [5, 5.41) is 20.5. The van der Waals surface area contributed by atoms with Crippen molar-refractivity contribution in [3.05, 3.63) is 97.7 Å². The Morgan fingerprint density at radius 2 is 1.83 bits per heavy atom. The van der Waals surface area contributed by atoms with Crippen LogP contribution in [0.15, 0.2) is 71.0 Å². The zero-order chi connectivity index (χ0) is 34.8. The third kappa shape index (κ3) is 8.70. The van der Waals surface area contributed by atoms with Crippen LogP contribution in [0.5, 0.6) is 23.0 Å². The standard InChI is InChI=1S/C32H32ClN5O10/c1-5-46-31(40)28-18(2)35-32(41)36-29(28)21-9-10-24(25(14-21)44-3)47-17-27(39)37-34-15-20-12-23(33)30(26(13-20)45-4)48-16-19-7-6-8-22(11-19)38(42)43/h6-15,29H,5,16-17H2,1-4H3,(H,37,39)(H2,35,36,41)/b34-15-/t29-/m1/s1. The molecule has 0 fully saturated rings. The summed E-state index contributed by atoms with van der Waals surface area (Å²) in [7, 11) is 2.83. The number of carbonyl (C=O) groups excluding carboxylic acids is 3. The smallest absolute Gasteiger partial charge is 0.338 e. The van der Waals surface area contributed by atoms with Crippen molar-refractivity contribution >= 4 is 41.4 Å². The van der Waals surface area contributed by atoms with Crippen molar-refractivity contribution in [2.24, 2.45) is 5.10 Å². The minimum Gasteiger partial charge on any atom is -0.493 e. The van der Waals surface area contributed by atoms with Gasteiger partial charge in [-0.1, -0.05) is 29.8 Å². The van der Waals surface area contributed by atoms with Crippen molar-refractivity contribution in [2.45, 2.75) is 26.5 Å². The molecule has 3 aromatic carbocycles. The fourth-order valence-corrected chi connectivity index (χ4v) is 4.90. The van der Waals surface area contributed by atoms with E-state index in [4.69, 9.17) is 35.3 Å². The molecule has 0 saturated heterocycles. The maximum absolute atomic E-state index is 12.6. The number of halogens is 1. The van der Waals surface area contributed by atoms with Gasteiger partial charge in [-0.2, -0.15) is 5.10 Å². The van der Waals surface area contributed by atoms with Crippen LogP contribution in [0.1, 0.15) is 36.6 Å². The van der Waals surface area contributed by atoms with Crippen LogP contribution in [-0.2, 0) is 20.9 Å². The third-order valence-electron chi connectivity index (χ3n) is 6.80. The van der Waals surface area contributed by atoms with Crippen LogP contribution in [0.4, 0.5) is 10.5 Å². The molecule has 0 bridgehead atoms. The number of nitrogens with zero attached hydrogens (tertiary/aromatic N) is 2. The second kappa shape index (κ2) is 16.1. The first kappa shape index (κ1) is 35.0. The van der Waals surface area contributed by atoms with Crippen LogP contribution in [0, 0.1) is 10.1 Å². The number of benzene rings is 3. The Morgan fingerprint density at radius 3 is 2.54 bits per heavy atom. The lowest BCUT2D eigenvalue weighted by Gasteiger charge is -2.28. The molecule has 0 aliphatic carbocycles. The topological polar surface area (TPSA) is 189 Å². The van der Waals surface area contributed by atoms with Crippen LogP contribution < -0.4 is 35.0 Å². The SMILES string of the molecule is CCOC(=O)C1=C(C)NC(=O)N[C@@H]1c1ccc(OCC(=O)N/N=C\c2cc(Cl)c(OCc3cccc([N+](=O)[O-])c3)c(OC)c2)c(OC)c1. The fourth-order valence-electron chi connectivity index (χ4n) is 4.63. The minimum absolute atomic E-state index is 0.00867. The molecule has 3 aromatic rings. The van der Waals surface area contributed by atoms with Gasteiger partial charge in [0.15, 0.2) is 29.6 Å². The summed E-state index contributed by atoms with van der Waals surface area (Å²) >= 11 is 6.42. The van der Waals surface area contributed by atoms with Gasteiger partial charge in [-0.25, -0.2) is 15.0 Å². The van der Waals surface area contributed by atoms with Gasteiger partial charge >= 0.3 is 12.0 Å². The monoisotopic (exact) mass is 681 g/mol. The summed E-state index contributed by atoms with van der Waals surface area (Å²) in [5.74, 6) is -0.161. The molecule has 48 heavy (non-hydrogen) atoms. The van der Waals surface area contributed by atoms with Gasteiger partial charge in [0, 0.05) is 17.8 Å². The van der Waals surface area contributed by atoms with Crippen molar-refractivity contribution < 1.29 is 43.0 Å². The van der Waals surface area contributed by atoms with Crippen LogP contribution >= 0.6 is 11.6 Å². The molecule has 1 heterocycles. The lowest BCUT2D eigenvalue weighted by Crippen LogP contribution is -2.45. The van der Waals surface area contributed by atoms with E-state index in [2.05, 4.69) is 21.2 Å². The largest absolute Gasteiger partial charge is 0.493 e. The average molecular weight is 682 g/mol. The molecule has 0 saturated carbocycles.